The zero-order valence-electron chi connectivity index (χ0n) is 17.4. The molecule has 0 saturated heterocycles. The number of carbonyl (C=O) groups excluding carboxylic acids is 1. The Bertz CT molecular complexity index is 1360. The second-order valence-corrected chi connectivity index (χ2v) is 8.16. The van der Waals surface area contributed by atoms with E-state index in [0.717, 1.165) is 12.0 Å². The lowest BCUT2D eigenvalue weighted by Crippen LogP contribution is -2.31. The van der Waals surface area contributed by atoms with Crippen molar-refractivity contribution in [2.75, 3.05) is 5.32 Å². The molecule has 8 nitrogen and oxygen atoms in total. The summed E-state index contributed by atoms with van der Waals surface area (Å²) in [5.41, 5.74) is 2.76. The van der Waals surface area contributed by atoms with Crippen molar-refractivity contribution in [2.24, 2.45) is 0 Å². The normalized spacial score (nSPS) is 11.9. The van der Waals surface area contributed by atoms with Crippen molar-refractivity contribution < 1.29 is 9.72 Å². The first-order valence-corrected chi connectivity index (χ1v) is 10.9. The first-order chi connectivity index (χ1) is 15.4. The zero-order chi connectivity index (χ0) is 22.8. The molecular formula is C23H20N4O4S. The lowest BCUT2D eigenvalue weighted by molar-refractivity contribution is -0.384. The van der Waals surface area contributed by atoms with E-state index in [-0.39, 0.29) is 17.2 Å². The van der Waals surface area contributed by atoms with E-state index in [0.29, 0.717) is 27.0 Å². The summed E-state index contributed by atoms with van der Waals surface area (Å²) in [7, 11) is 0. The van der Waals surface area contributed by atoms with E-state index in [1.807, 2.05) is 24.3 Å². The number of non-ortho nitro benzene ring substituents is 1. The van der Waals surface area contributed by atoms with Crippen LogP contribution in [0.15, 0.2) is 65.0 Å². The molecule has 1 N–H and O–H groups in total. The van der Waals surface area contributed by atoms with Crippen LogP contribution in [0.2, 0.25) is 0 Å². The van der Waals surface area contributed by atoms with Crippen LogP contribution < -0.4 is 10.9 Å². The summed E-state index contributed by atoms with van der Waals surface area (Å²) in [5, 5.41) is 15.9. The van der Waals surface area contributed by atoms with Crippen molar-refractivity contribution >= 4 is 38.8 Å². The second kappa shape index (κ2) is 8.72. The number of amides is 1. The Hall–Kier alpha value is -3.85. The number of hydrogen-bond donors (Lipinski definition) is 1. The fraction of sp³-hybridized carbons (Fsp3) is 0.174. The third-order valence-corrected chi connectivity index (χ3v) is 6.22. The van der Waals surface area contributed by atoms with Gasteiger partial charge in [0.25, 0.3) is 11.2 Å². The van der Waals surface area contributed by atoms with Crippen LogP contribution in [0.4, 0.5) is 11.4 Å². The number of hydrogen-bond acceptors (Lipinski definition) is 6. The maximum Gasteiger partial charge on any atom is 0.269 e. The van der Waals surface area contributed by atoms with E-state index in [4.69, 9.17) is 0 Å². The smallest absolute Gasteiger partial charge is 0.269 e. The molecule has 2 aromatic heterocycles. The van der Waals surface area contributed by atoms with Gasteiger partial charge in [-0.3, -0.25) is 24.3 Å². The summed E-state index contributed by atoms with van der Waals surface area (Å²) in [6.07, 6.45) is 2.29. The molecule has 9 heteroatoms. The molecule has 0 aliphatic heterocycles. The average molecular weight is 449 g/mol. The van der Waals surface area contributed by atoms with Gasteiger partial charge in [0.2, 0.25) is 5.91 Å². The van der Waals surface area contributed by atoms with Gasteiger partial charge in [-0.05, 0) is 48.7 Å². The van der Waals surface area contributed by atoms with Crippen LogP contribution in [0, 0.1) is 10.1 Å². The Morgan fingerprint density at radius 2 is 1.88 bits per heavy atom. The van der Waals surface area contributed by atoms with Crippen molar-refractivity contribution in [2.45, 2.75) is 26.3 Å². The highest BCUT2D eigenvalue weighted by atomic mass is 32.1. The van der Waals surface area contributed by atoms with Crippen LogP contribution in [0.5, 0.6) is 0 Å². The second-order valence-electron chi connectivity index (χ2n) is 7.31. The van der Waals surface area contributed by atoms with E-state index in [1.54, 1.807) is 24.4 Å². The summed E-state index contributed by atoms with van der Waals surface area (Å²) < 4.78 is 1.31. The maximum absolute atomic E-state index is 13.3. The standard InChI is InChI=1S/C23H20N4O4S/c1-3-15-4-8-17(9-5-15)25-21(28)14(2)26-13-24-22-20(23(26)29)19(12-32-22)16-6-10-18(11-7-16)27(30)31/h4-14H,3H2,1-2H3,(H,25,28). The SMILES string of the molecule is CCc1ccc(NC(=O)C(C)n2cnc3scc(-c4ccc([N+](=O)[O-])cc4)c3c2=O)cc1. The van der Waals surface area contributed by atoms with Gasteiger partial charge in [-0.2, -0.15) is 0 Å². The molecule has 1 amide bonds. The first kappa shape index (κ1) is 21.4. The molecule has 4 rings (SSSR count). The van der Waals surface area contributed by atoms with Gasteiger partial charge in [0.15, 0.2) is 0 Å². The zero-order valence-corrected chi connectivity index (χ0v) is 18.3. The number of benzene rings is 2. The van der Waals surface area contributed by atoms with Gasteiger partial charge in [-0.25, -0.2) is 4.98 Å². The molecule has 2 aromatic carbocycles. The molecule has 1 unspecified atom stereocenters. The highest BCUT2D eigenvalue weighted by Crippen LogP contribution is 2.31. The molecule has 4 aromatic rings. The van der Waals surface area contributed by atoms with Crippen LogP contribution in [0.25, 0.3) is 21.3 Å². The fourth-order valence-electron chi connectivity index (χ4n) is 3.39. The van der Waals surface area contributed by atoms with E-state index < -0.39 is 11.0 Å². The molecule has 0 aliphatic carbocycles. The molecule has 1 atom stereocenters. The summed E-state index contributed by atoms with van der Waals surface area (Å²) in [6.45, 7) is 3.70. The molecule has 162 valence electrons. The Labute approximate surface area is 187 Å². The predicted octanol–water partition coefficient (Wildman–Crippen LogP) is 4.80. The van der Waals surface area contributed by atoms with E-state index >= 15 is 0 Å². The summed E-state index contributed by atoms with van der Waals surface area (Å²) >= 11 is 1.31. The van der Waals surface area contributed by atoms with Crippen LogP contribution in [0.3, 0.4) is 0 Å². The number of anilines is 1. The number of fused-ring (bicyclic) bond motifs is 1. The van der Waals surface area contributed by atoms with Crippen LogP contribution in [0.1, 0.15) is 25.5 Å². The molecule has 0 saturated carbocycles. The Morgan fingerprint density at radius 3 is 2.50 bits per heavy atom. The van der Waals surface area contributed by atoms with Crippen molar-refractivity contribution in [1.29, 1.82) is 0 Å². The number of nitrogens with one attached hydrogen (secondary N) is 1. The van der Waals surface area contributed by atoms with Crippen molar-refractivity contribution in [3.05, 3.63) is 86.3 Å². The number of carbonyl (C=O) groups is 1. The minimum absolute atomic E-state index is 0.0268. The maximum atomic E-state index is 13.3. The summed E-state index contributed by atoms with van der Waals surface area (Å²) in [4.78, 5) is 41.4. The van der Waals surface area contributed by atoms with Crippen molar-refractivity contribution in [3.8, 4) is 11.1 Å². The molecule has 0 fully saturated rings. The first-order valence-electron chi connectivity index (χ1n) is 10.0. The Morgan fingerprint density at radius 1 is 1.19 bits per heavy atom. The monoisotopic (exact) mass is 448 g/mol. The van der Waals surface area contributed by atoms with Crippen molar-refractivity contribution in [3.63, 3.8) is 0 Å². The van der Waals surface area contributed by atoms with Gasteiger partial charge < -0.3 is 5.32 Å². The minimum Gasteiger partial charge on any atom is -0.324 e. The molecule has 0 radical (unpaired) electrons. The van der Waals surface area contributed by atoms with E-state index in [1.165, 1.54) is 34.4 Å². The number of nitro benzene ring substituents is 1. The quantitative estimate of drug-likeness (QED) is 0.337. The Balaban J connectivity index is 1.66. The van der Waals surface area contributed by atoms with E-state index in [9.17, 15) is 19.7 Å². The summed E-state index contributed by atoms with van der Waals surface area (Å²) in [5.74, 6) is -0.329. The lowest BCUT2D eigenvalue weighted by Gasteiger charge is -2.15. The topological polar surface area (TPSA) is 107 Å². The molecule has 2 heterocycles. The number of thiophene rings is 1. The number of aromatic nitrogens is 2. The van der Waals surface area contributed by atoms with Gasteiger partial charge >= 0.3 is 0 Å². The van der Waals surface area contributed by atoms with Crippen molar-refractivity contribution in [1.82, 2.24) is 9.55 Å². The fourth-order valence-corrected chi connectivity index (χ4v) is 4.30. The van der Waals surface area contributed by atoms with Gasteiger partial charge in [0.1, 0.15) is 10.9 Å². The number of nitro groups is 1. The van der Waals surface area contributed by atoms with Gasteiger partial charge in [0, 0.05) is 28.8 Å². The van der Waals surface area contributed by atoms with Gasteiger partial charge in [-0.15, -0.1) is 11.3 Å². The third-order valence-electron chi connectivity index (χ3n) is 5.33. The molecule has 0 spiro atoms. The third kappa shape index (κ3) is 4.02. The van der Waals surface area contributed by atoms with Crippen LogP contribution >= 0.6 is 11.3 Å². The van der Waals surface area contributed by atoms with Crippen LogP contribution in [-0.4, -0.2) is 20.4 Å². The highest BCUT2D eigenvalue weighted by molar-refractivity contribution is 7.17. The molecule has 32 heavy (non-hydrogen) atoms. The number of rotatable bonds is 6. The number of aryl methyl sites for hydroxylation is 1. The number of nitrogens with zero attached hydrogens (tertiary/aromatic N) is 3. The molecule has 0 bridgehead atoms. The molecule has 0 aliphatic rings. The van der Waals surface area contributed by atoms with E-state index in [2.05, 4.69) is 17.2 Å². The lowest BCUT2D eigenvalue weighted by atomic mass is 10.1. The Kier molecular flexibility index (Phi) is 5.83. The minimum atomic E-state index is -0.783. The largest absolute Gasteiger partial charge is 0.324 e. The summed E-state index contributed by atoms with van der Waals surface area (Å²) in [6, 6.07) is 12.8. The predicted molar refractivity (Wildman–Crippen MR) is 125 cm³/mol. The average Bonchev–Trinajstić information content (AvgIpc) is 3.24. The molecular weight excluding hydrogens is 428 g/mol. The van der Waals surface area contributed by atoms with Gasteiger partial charge in [0.05, 0.1) is 16.6 Å². The van der Waals surface area contributed by atoms with Gasteiger partial charge in [-0.1, -0.05) is 19.1 Å². The highest BCUT2D eigenvalue weighted by Gasteiger charge is 2.20. The van der Waals surface area contributed by atoms with Crippen LogP contribution in [-0.2, 0) is 11.2 Å².